The molecule has 0 unspecified atom stereocenters. The van der Waals surface area contributed by atoms with Crippen LogP contribution in [0.3, 0.4) is 0 Å². The highest BCUT2D eigenvalue weighted by Gasteiger charge is 2.07. The first-order valence-electron chi connectivity index (χ1n) is 8.33. The lowest BCUT2D eigenvalue weighted by molar-refractivity contribution is -0.116. The molecule has 0 aliphatic rings. The molecule has 0 saturated heterocycles. The maximum atomic E-state index is 12.0. The zero-order valence-corrected chi connectivity index (χ0v) is 14.9. The number of rotatable bonds is 7. The van der Waals surface area contributed by atoms with Gasteiger partial charge in [-0.15, -0.1) is 0 Å². The summed E-state index contributed by atoms with van der Waals surface area (Å²) in [6.45, 7) is 5.11. The smallest absolute Gasteiger partial charge is 0.251 e. The third-order valence-corrected chi connectivity index (χ3v) is 3.94. The minimum absolute atomic E-state index is 0.00699. The van der Waals surface area contributed by atoms with Crippen LogP contribution in [0.5, 0.6) is 0 Å². The van der Waals surface area contributed by atoms with Crippen LogP contribution in [0.4, 0.5) is 5.69 Å². The number of amides is 2. The summed E-state index contributed by atoms with van der Waals surface area (Å²) in [6, 6.07) is 15.2. The van der Waals surface area contributed by atoms with Crippen molar-refractivity contribution in [3.8, 4) is 11.1 Å². The van der Waals surface area contributed by atoms with Crippen LogP contribution in [0, 0.1) is 0 Å². The largest absolute Gasteiger partial charge is 0.380 e. The predicted octanol–water partition coefficient (Wildman–Crippen LogP) is 3.10. The number of hydrogen-bond acceptors (Lipinski definition) is 3. The molecule has 0 aliphatic heterocycles. The van der Waals surface area contributed by atoms with E-state index in [9.17, 15) is 9.59 Å². The van der Waals surface area contributed by atoms with Gasteiger partial charge >= 0.3 is 0 Å². The van der Waals surface area contributed by atoms with Crippen LogP contribution in [-0.2, 0) is 9.53 Å². The van der Waals surface area contributed by atoms with Crippen molar-refractivity contribution in [2.24, 2.45) is 0 Å². The summed E-state index contributed by atoms with van der Waals surface area (Å²) in [5.74, 6) is -0.114. The fourth-order valence-corrected chi connectivity index (χ4v) is 2.36. The molecule has 2 amide bonds. The zero-order valence-electron chi connectivity index (χ0n) is 14.9. The fourth-order valence-electron chi connectivity index (χ4n) is 2.36. The van der Waals surface area contributed by atoms with Crippen molar-refractivity contribution in [1.82, 2.24) is 5.32 Å². The lowest BCUT2D eigenvalue weighted by Gasteiger charge is -2.15. The molecule has 0 heterocycles. The van der Waals surface area contributed by atoms with Gasteiger partial charge in [0.15, 0.2) is 0 Å². The van der Waals surface area contributed by atoms with E-state index in [4.69, 9.17) is 4.74 Å². The predicted molar refractivity (Wildman–Crippen MR) is 99.8 cm³/mol. The average molecular weight is 340 g/mol. The van der Waals surface area contributed by atoms with Gasteiger partial charge in [-0.1, -0.05) is 24.3 Å². The number of hydrogen-bond donors (Lipinski definition) is 1. The van der Waals surface area contributed by atoms with E-state index in [0.717, 1.165) is 16.8 Å². The Hall–Kier alpha value is -2.66. The summed E-state index contributed by atoms with van der Waals surface area (Å²) in [5, 5.41) is 2.82. The molecule has 0 saturated carbocycles. The van der Waals surface area contributed by atoms with Gasteiger partial charge in [0.1, 0.15) is 0 Å². The molecule has 0 aromatic heterocycles. The maximum Gasteiger partial charge on any atom is 0.251 e. The van der Waals surface area contributed by atoms with Crippen molar-refractivity contribution in [3.63, 3.8) is 0 Å². The summed E-state index contributed by atoms with van der Waals surface area (Å²) < 4.78 is 5.20. The average Bonchev–Trinajstić information content (AvgIpc) is 2.64. The highest BCUT2D eigenvalue weighted by atomic mass is 16.5. The molecule has 0 aliphatic carbocycles. The number of carbonyl (C=O) groups excluding carboxylic acids is 2. The van der Waals surface area contributed by atoms with Crippen molar-refractivity contribution < 1.29 is 14.3 Å². The van der Waals surface area contributed by atoms with Gasteiger partial charge < -0.3 is 15.0 Å². The molecule has 0 atom stereocenters. The van der Waals surface area contributed by atoms with Crippen molar-refractivity contribution in [1.29, 1.82) is 0 Å². The molecule has 132 valence electrons. The Balaban J connectivity index is 2.02. The molecule has 2 rings (SSSR count). The van der Waals surface area contributed by atoms with Gasteiger partial charge in [0.2, 0.25) is 5.91 Å². The lowest BCUT2D eigenvalue weighted by Crippen LogP contribution is -2.27. The molecule has 2 aromatic rings. The number of ether oxygens (including phenoxy) is 1. The summed E-state index contributed by atoms with van der Waals surface area (Å²) in [4.78, 5) is 25.0. The standard InChI is InChI=1S/C20H24N2O3/c1-4-25-14-13-21-20(24)18-7-5-16(6-8-18)17-9-11-19(12-10-17)22(3)15(2)23/h5-12H,4,13-14H2,1-3H3,(H,21,24). The van der Waals surface area contributed by atoms with Crippen LogP contribution in [0.25, 0.3) is 11.1 Å². The van der Waals surface area contributed by atoms with E-state index in [-0.39, 0.29) is 11.8 Å². The van der Waals surface area contributed by atoms with E-state index in [0.29, 0.717) is 25.3 Å². The molecular weight excluding hydrogens is 316 g/mol. The first-order valence-corrected chi connectivity index (χ1v) is 8.33. The van der Waals surface area contributed by atoms with E-state index in [2.05, 4.69) is 5.32 Å². The van der Waals surface area contributed by atoms with E-state index in [1.807, 2.05) is 43.3 Å². The Morgan fingerprint density at radius 2 is 1.56 bits per heavy atom. The molecular formula is C20H24N2O3. The second-order valence-electron chi connectivity index (χ2n) is 5.66. The summed E-state index contributed by atoms with van der Waals surface area (Å²) in [6.07, 6.45) is 0. The Morgan fingerprint density at radius 3 is 2.08 bits per heavy atom. The number of benzene rings is 2. The van der Waals surface area contributed by atoms with Crippen LogP contribution in [0.2, 0.25) is 0 Å². The van der Waals surface area contributed by atoms with Crippen LogP contribution in [0.1, 0.15) is 24.2 Å². The van der Waals surface area contributed by atoms with E-state index in [1.54, 1.807) is 24.1 Å². The quantitative estimate of drug-likeness (QED) is 0.788. The molecule has 5 nitrogen and oxygen atoms in total. The van der Waals surface area contributed by atoms with Crippen LogP contribution >= 0.6 is 0 Å². The van der Waals surface area contributed by atoms with Gasteiger partial charge in [0.05, 0.1) is 6.61 Å². The Labute approximate surface area is 148 Å². The monoisotopic (exact) mass is 340 g/mol. The Kier molecular flexibility index (Phi) is 6.71. The number of nitrogens with one attached hydrogen (secondary N) is 1. The summed E-state index contributed by atoms with van der Waals surface area (Å²) >= 11 is 0. The summed E-state index contributed by atoms with van der Waals surface area (Å²) in [5.41, 5.74) is 3.52. The minimum Gasteiger partial charge on any atom is -0.380 e. The van der Waals surface area contributed by atoms with Gasteiger partial charge in [-0.3, -0.25) is 9.59 Å². The topological polar surface area (TPSA) is 58.6 Å². The zero-order chi connectivity index (χ0) is 18.2. The van der Waals surface area contributed by atoms with E-state index >= 15 is 0 Å². The third-order valence-electron chi connectivity index (χ3n) is 3.94. The SMILES string of the molecule is CCOCCNC(=O)c1ccc(-c2ccc(N(C)C(C)=O)cc2)cc1. The molecule has 0 spiro atoms. The number of nitrogens with zero attached hydrogens (tertiary/aromatic N) is 1. The van der Waals surface area contributed by atoms with Gasteiger partial charge in [0, 0.05) is 38.4 Å². The molecule has 0 radical (unpaired) electrons. The van der Waals surface area contributed by atoms with Crippen molar-refractivity contribution >= 4 is 17.5 Å². The minimum atomic E-state index is -0.107. The molecule has 1 N–H and O–H groups in total. The number of carbonyl (C=O) groups is 2. The van der Waals surface area contributed by atoms with E-state index < -0.39 is 0 Å². The van der Waals surface area contributed by atoms with Crippen molar-refractivity contribution in [3.05, 3.63) is 54.1 Å². The second-order valence-corrected chi connectivity index (χ2v) is 5.66. The van der Waals surface area contributed by atoms with Crippen molar-refractivity contribution in [2.45, 2.75) is 13.8 Å². The molecule has 25 heavy (non-hydrogen) atoms. The number of anilines is 1. The first kappa shape index (κ1) is 18.7. The van der Waals surface area contributed by atoms with E-state index in [1.165, 1.54) is 6.92 Å². The van der Waals surface area contributed by atoms with Gasteiger partial charge in [-0.25, -0.2) is 0 Å². The van der Waals surface area contributed by atoms with Crippen molar-refractivity contribution in [2.75, 3.05) is 31.7 Å². The third kappa shape index (κ3) is 5.16. The highest BCUT2D eigenvalue weighted by Crippen LogP contribution is 2.23. The summed E-state index contributed by atoms with van der Waals surface area (Å²) in [7, 11) is 1.75. The highest BCUT2D eigenvalue weighted by molar-refractivity contribution is 5.94. The normalized spacial score (nSPS) is 10.4. The van der Waals surface area contributed by atoms with Crippen LogP contribution in [0.15, 0.2) is 48.5 Å². The first-order chi connectivity index (χ1) is 12.0. The van der Waals surface area contributed by atoms with Crippen LogP contribution < -0.4 is 10.2 Å². The lowest BCUT2D eigenvalue weighted by atomic mass is 10.0. The Bertz CT molecular complexity index is 709. The van der Waals surface area contributed by atoms with Gasteiger partial charge in [0.25, 0.3) is 5.91 Å². The molecule has 5 heteroatoms. The Morgan fingerprint density at radius 1 is 1.00 bits per heavy atom. The van der Waals surface area contributed by atoms with Crippen LogP contribution in [-0.4, -0.2) is 38.6 Å². The molecule has 0 fully saturated rings. The second kappa shape index (κ2) is 8.99. The molecule has 2 aromatic carbocycles. The van der Waals surface area contributed by atoms with Gasteiger partial charge in [-0.2, -0.15) is 0 Å². The molecule has 0 bridgehead atoms. The van der Waals surface area contributed by atoms with Gasteiger partial charge in [-0.05, 0) is 42.3 Å². The maximum absolute atomic E-state index is 12.0. The fraction of sp³-hybridized carbons (Fsp3) is 0.300.